The highest BCUT2D eigenvalue weighted by atomic mass is 79.9. The summed E-state index contributed by atoms with van der Waals surface area (Å²) < 4.78 is 4.64. The molecule has 1 aromatic heterocycles. The van der Waals surface area contributed by atoms with E-state index in [-0.39, 0.29) is 6.61 Å². The van der Waals surface area contributed by atoms with Crippen LogP contribution < -0.4 is 0 Å². The Morgan fingerprint density at radius 3 is 2.88 bits per heavy atom. The van der Waals surface area contributed by atoms with Gasteiger partial charge in [-0.25, -0.2) is 4.79 Å². The molecule has 0 unspecified atom stereocenters. The molecule has 0 atom stereocenters. The number of halogens is 1. The van der Waals surface area contributed by atoms with Crippen molar-refractivity contribution in [1.29, 1.82) is 0 Å². The molecule has 0 radical (unpaired) electrons. The van der Waals surface area contributed by atoms with E-state index < -0.39 is 11.8 Å². The van der Waals surface area contributed by atoms with Crippen LogP contribution in [0.15, 0.2) is 12.1 Å². The lowest BCUT2D eigenvalue weighted by Crippen LogP contribution is -2.16. The van der Waals surface area contributed by atoms with Crippen LogP contribution in [-0.2, 0) is 9.53 Å². The van der Waals surface area contributed by atoms with Gasteiger partial charge in [-0.3, -0.25) is 4.79 Å². The largest absolute Gasteiger partial charge is 0.460 e. The Bertz CT molecular complexity index is 468. The lowest BCUT2D eigenvalue weighted by Gasteiger charge is -1.97. The van der Waals surface area contributed by atoms with Crippen molar-refractivity contribution >= 4 is 39.0 Å². The van der Waals surface area contributed by atoms with E-state index in [1.165, 1.54) is 11.3 Å². The first-order valence-corrected chi connectivity index (χ1v) is 6.99. The third-order valence-corrected chi connectivity index (χ3v) is 3.12. The molecule has 0 bridgehead atoms. The van der Waals surface area contributed by atoms with Gasteiger partial charge in [0.15, 0.2) is 0 Å². The second-order valence-electron chi connectivity index (χ2n) is 2.95. The molecule has 0 saturated heterocycles. The molecule has 1 aromatic rings. The van der Waals surface area contributed by atoms with Gasteiger partial charge < -0.3 is 4.74 Å². The van der Waals surface area contributed by atoms with Crippen LogP contribution in [0.4, 0.5) is 0 Å². The molecule has 0 aliphatic heterocycles. The normalized spacial score (nSPS) is 9.29. The van der Waals surface area contributed by atoms with E-state index in [1.54, 1.807) is 19.1 Å². The van der Waals surface area contributed by atoms with Crippen LogP contribution >= 0.6 is 27.3 Å². The molecule has 5 heteroatoms. The van der Waals surface area contributed by atoms with Crippen molar-refractivity contribution < 1.29 is 14.3 Å². The minimum absolute atomic E-state index is 0.202. The van der Waals surface area contributed by atoms with E-state index in [1.807, 2.05) is 0 Å². The number of hydrogen-bond donors (Lipinski definition) is 0. The van der Waals surface area contributed by atoms with E-state index in [0.29, 0.717) is 4.88 Å². The van der Waals surface area contributed by atoms with Gasteiger partial charge in [0.25, 0.3) is 5.78 Å². The van der Waals surface area contributed by atoms with Crippen molar-refractivity contribution in [1.82, 2.24) is 0 Å². The Hall–Kier alpha value is -1.12. The fourth-order valence-electron chi connectivity index (χ4n) is 1.02. The first-order valence-electron chi connectivity index (χ1n) is 5.05. The number of alkyl halides is 1. The molecule has 0 N–H and O–H groups in total. The van der Waals surface area contributed by atoms with Crippen molar-refractivity contribution in [2.45, 2.75) is 13.3 Å². The summed E-state index contributed by atoms with van der Waals surface area (Å²) in [4.78, 5) is 23.9. The van der Waals surface area contributed by atoms with Crippen LogP contribution in [0.3, 0.4) is 0 Å². The molecule has 0 amide bonds. The molecule has 0 aliphatic carbocycles. The van der Waals surface area contributed by atoms with Gasteiger partial charge in [-0.2, -0.15) is 0 Å². The van der Waals surface area contributed by atoms with Gasteiger partial charge >= 0.3 is 5.97 Å². The number of hydrogen-bond acceptors (Lipinski definition) is 4. The van der Waals surface area contributed by atoms with Crippen molar-refractivity contribution in [2.75, 3.05) is 11.9 Å². The molecule has 90 valence electrons. The highest BCUT2D eigenvalue weighted by molar-refractivity contribution is 9.09. The predicted octanol–water partition coefficient (Wildman–Crippen LogP) is 2.63. The van der Waals surface area contributed by atoms with Crippen LogP contribution in [0, 0.1) is 11.8 Å². The zero-order chi connectivity index (χ0) is 12.7. The number of Topliss-reactive ketones (excluding diaryl/α,β-unsaturated/α-hetero) is 1. The van der Waals surface area contributed by atoms with Crippen molar-refractivity contribution in [3.8, 4) is 11.8 Å². The maximum Gasteiger partial charge on any atom is 0.380 e. The Kier molecular flexibility index (Phi) is 5.95. The van der Waals surface area contributed by atoms with Crippen LogP contribution in [-0.4, -0.2) is 23.7 Å². The number of carbonyl (C=O) groups excluding carboxylic acids is 2. The van der Waals surface area contributed by atoms with E-state index in [9.17, 15) is 9.59 Å². The summed E-state index contributed by atoms with van der Waals surface area (Å²) in [6.07, 6.45) is 0.749. The van der Waals surface area contributed by atoms with Gasteiger partial charge in [-0.1, -0.05) is 27.8 Å². The summed E-state index contributed by atoms with van der Waals surface area (Å²) in [6.45, 7) is 1.87. The Morgan fingerprint density at radius 2 is 2.24 bits per heavy atom. The average Bonchev–Trinajstić information content (AvgIpc) is 2.77. The number of ketones is 1. The van der Waals surface area contributed by atoms with Crippen LogP contribution in [0.25, 0.3) is 0 Å². The third-order valence-electron chi connectivity index (χ3n) is 1.72. The number of carbonyl (C=O) groups is 2. The second-order valence-corrected chi connectivity index (χ2v) is 4.83. The standard InChI is InChI=1S/C12H11BrO3S/c1-2-16-12(15)11(14)10-7-6-9(17-10)5-3-4-8-13/h6-7H,2,4,8H2,1H3. The average molecular weight is 315 g/mol. The Balaban J connectivity index is 2.72. The predicted molar refractivity (Wildman–Crippen MR) is 70.6 cm³/mol. The summed E-state index contributed by atoms with van der Waals surface area (Å²) in [5.41, 5.74) is 0. The molecule has 3 nitrogen and oxygen atoms in total. The minimum atomic E-state index is -0.811. The molecule has 0 spiro atoms. The smallest absolute Gasteiger partial charge is 0.380 e. The monoisotopic (exact) mass is 314 g/mol. The first-order chi connectivity index (χ1) is 8.19. The third kappa shape index (κ3) is 4.33. The number of ether oxygens (including phenoxy) is 1. The lowest BCUT2D eigenvalue weighted by atomic mass is 10.3. The molecular weight excluding hydrogens is 304 g/mol. The SMILES string of the molecule is CCOC(=O)C(=O)c1ccc(C#CCCBr)s1. The maximum atomic E-state index is 11.6. The second kappa shape index (κ2) is 7.25. The van der Waals surface area contributed by atoms with Crippen molar-refractivity contribution in [3.63, 3.8) is 0 Å². The summed E-state index contributed by atoms with van der Waals surface area (Å²) in [5.74, 6) is 4.45. The minimum Gasteiger partial charge on any atom is -0.460 e. The molecule has 0 fully saturated rings. The van der Waals surface area contributed by atoms with Crippen molar-refractivity contribution in [3.05, 3.63) is 21.9 Å². The van der Waals surface area contributed by atoms with E-state index in [2.05, 4.69) is 32.5 Å². The highest BCUT2D eigenvalue weighted by Gasteiger charge is 2.18. The molecular formula is C12H11BrO3S. The highest BCUT2D eigenvalue weighted by Crippen LogP contribution is 2.16. The van der Waals surface area contributed by atoms with E-state index in [4.69, 9.17) is 0 Å². The summed E-state index contributed by atoms with van der Waals surface area (Å²) >= 11 is 4.48. The van der Waals surface area contributed by atoms with Gasteiger partial charge in [0.2, 0.25) is 0 Å². The van der Waals surface area contributed by atoms with E-state index >= 15 is 0 Å². The molecule has 1 heterocycles. The first kappa shape index (κ1) is 13.9. The van der Waals surface area contributed by atoms with Crippen LogP contribution in [0.2, 0.25) is 0 Å². The Labute approximate surface area is 112 Å². The zero-order valence-corrected chi connectivity index (χ0v) is 11.7. The van der Waals surface area contributed by atoms with Crippen molar-refractivity contribution in [2.24, 2.45) is 0 Å². The number of thiophene rings is 1. The molecule has 0 aromatic carbocycles. The molecule has 1 rings (SSSR count). The van der Waals surface area contributed by atoms with E-state index in [0.717, 1.165) is 16.6 Å². The molecule has 0 saturated carbocycles. The van der Waals surface area contributed by atoms with Gasteiger partial charge in [0.05, 0.1) is 16.4 Å². The zero-order valence-electron chi connectivity index (χ0n) is 9.29. The molecule has 0 aliphatic rings. The quantitative estimate of drug-likeness (QED) is 0.282. The van der Waals surface area contributed by atoms with Gasteiger partial charge in [0, 0.05) is 11.8 Å². The van der Waals surface area contributed by atoms with Crippen LogP contribution in [0.1, 0.15) is 27.9 Å². The topological polar surface area (TPSA) is 43.4 Å². The Morgan fingerprint density at radius 1 is 1.47 bits per heavy atom. The van der Waals surface area contributed by atoms with Gasteiger partial charge in [-0.05, 0) is 19.1 Å². The number of rotatable bonds is 4. The lowest BCUT2D eigenvalue weighted by molar-refractivity contribution is -0.137. The summed E-state index contributed by atoms with van der Waals surface area (Å²) in [7, 11) is 0. The summed E-state index contributed by atoms with van der Waals surface area (Å²) in [5, 5.41) is 0.819. The van der Waals surface area contributed by atoms with Gasteiger partial charge in [0.1, 0.15) is 0 Å². The number of esters is 1. The van der Waals surface area contributed by atoms with Gasteiger partial charge in [-0.15, -0.1) is 11.3 Å². The fraction of sp³-hybridized carbons (Fsp3) is 0.333. The summed E-state index contributed by atoms with van der Waals surface area (Å²) in [6, 6.07) is 3.33. The maximum absolute atomic E-state index is 11.6. The fourth-order valence-corrected chi connectivity index (χ4v) is 2.03. The van der Waals surface area contributed by atoms with Crippen LogP contribution in [0.5, 0.6) is 0 Å². The molecule has 17 heavy (non-hydrogen) atoms.